The second-order valence-corrected chi connectivity index (χ2v) is 4.51. The van der Waals surface area contributed by atoms with Gasteiger partial charge in [0.25, 0.3) is 0 Å². The minimum absolute atomic E-state index is 0.0965. The van der Waals surface area contributed by atoms with Crippen LogP contribution in [0.2, 0.25) is 0 Å². The fourth-order valence-electron chi connectivity index (χ4n) is 2.11. The van der Waals surface area contributed by atoms with Crippen molar-refractivity contribution in [1.29, 1.82) is 0 Å². The Hall–Kier alpha value is -2.57. The zero-order chi connectivity index (χ0) is 16.1. The Balaban J connectivity index is 2.58. The molecule has 0 amide bonds. The summed E-state index contributed by atoms with van der Waals surface area (Å²) in [5.74, 6) is 2.08. The van der Waals surface area contributed by atoms with Crippen molar-refractivity contribution >= 4 is 22.5 Å². The molecule has 2 rings (SSSR count). The number of Topliss-reactive ketones (excluding diaryl/α,β-unsaturated/α-hetero) is 1. The Labute approximate surface area is 128 Å². The first-order chi connectivity index (χ1) is 10.7. The molecule has 1 aromatic heterocycles. The summed E-state index contributed by atoms with van der Waals surface area (Å²) < 4.78 is 16.1. The molecule has 0 bridgehead atoms. The van der Waals surface area contributed by atoms with Gasteiger partial charge in [-0.2, -0.15) is 0 Å². The molecule has 0 unspecified atom stereocenters. The predicted octanol–water partition coefficient (Wildman–Crippen LogP) is 2.05. The van der Waals surface area contributed by atoms with E-state index < -0.39 is 0 Å². The minimum Gasteiger partial charge on any atom is -0.493 e. The van der Waals surface area contributed by atoms with Gasteiger partial charge in [-0.3, -0.25) is 4.79 Å². The molecule has 0 fully saturated rings. The number of ether oxygens (including phenoxy) is 3. The van der Waals surface area contributed by atoms with Gasteiger partial charge in [-0.05, 0) is 6.07 Å². The zero-order valence-electron chi connectivity index (χ0n) is 13.1. The van der Waals surface area contributed by atoms with Gasteiger partial charge in [-0.1, -0.05) is 6.92 Å². The third-order valence-corrected chi connectivity index (χ3v) is 3.28. The molecule has 7 heteroatoms. The molecule has 0 aliphatic heterocycles. The fourth-order valence-corrected chi connectivity index (χ4v) is 2.11. The number of ketones is 1. The van der Waals surface area contributed by atoms with Crippen LogP contribution in [0.25, 0.3) is 10.9 Å². The summed E-state index contributed by atoms with van der Waals surface area (Å²) in [5, 5.41) is 3.72. The van der Waals surface area contributed by atoms with Crippen molar-refractivity contribution in [3.8, 4) is 17.2 Å². The van der Waals surface area contributed by atoms with E-state index in [1.807, 2.05) is 6.92 Å². The minimum atomic E-state index is 0.0965. The molecule has 0 aliphatic rings. The number of carbonyl (C=O) groups is 1. The average Bonchev–Trinajstić information content (AvgIpc) is 2.57. The van der Waals surface area contributed by atoms with E-state index in [0.29, 0.717) is 40.4 Å². The van der Waals surface area contributed by atoms with Crippen LogP contribution >= 0.6 is 0 Å². The topological polar surface area (TPSA) is 82.6 Å². The van der Waals surface area contributed by atoms with Crippen molar-refractivity contribution < 1.29 is 19.0 Å². The first-order valence-electron chi connectivity index (χ1n) is 6.85. The fraction of sp³-hybridized carbons (Fsp3) is 0.400. The number of hydrogen-bond acceptors (Lipinski definition) is 7. The van der Waals surface area contributed by atoms with Crippen LogP contribution in [-0.4, -0.2) is 43.6 Å². The molecule has 0 spiro atoms. The molecule has 0 aliphatic carbocycles. The third-order valence-electron chi connectivity index (χ3n) is 3.28. The molecule has 0 radical (unpaired) electrons. The van der Waals surface area contributed by atoms with Gasteiger partial charge < -0.3 is 19.5 Å². The molecule has 1 aromatic carbocycles. The summed E-state index contributed by atoms with van der Waals surface area (Å²) in [5.41, 5.74) is 0.585. The number of nitrogens with zero attached hydrogens (tertiary/aromatic N) is 2. The monoisotopic (exact) mass is 305 g/mol. The molecule has 0 saturated heterocycles. The third kappa shape index (κ3) is 2.88. The van der Waals surface area contributed by atoms with Crippen LogP contribution in [0.1, 0.15) is 13.3 Å². The summed E-state index contributed by atoms with van der Waals surface area (Å²) in [4.78, 5) is 19.9. The summed E-state index contributed by atoms with van der Waals surface area (Å²) in [7, 11) is 4.61. The van der Waals surface area contributed by atoms with Crippen molar-refractivity contribution in [3.05, 3.63) is 12.4 Å². The van der Waals surface area contributed by atoms with E-state index in [2.05, 4.69) is 15.3 Å². The van der Waals surface area contributed by atoms with E-state index in [1.54, 1.807) is 13.2 Å². The van der Waals surface area contributed by atoms with Crippen molar-refractivity contribution in [3.63, 3.8) is 0 Å². The highest BCUT2D eigenvalue weighted by Crippen LogP contribution is 2.43. The van der Waals surface area contributed by atoms with Gasteiger partial charge in [-0.15, -0.1) is 0 Å². The number of nitrogens with one attached hydrogen (secondary N) is 1. The van der Waals surface area contributed by atoms with Crippen LogP contribution in [0.15, 0.2) is 12.4 Å². The maximum absolute atomic E-state index is 11.5. The van der Waals surface area contributed by atoms with Crippen molar-refractivity contribution in [2.24, 2.45) is 0 Å². The second kappa shape index (κ2) is 6.93. The van der Waals surface area contributed by atoms with Gasteiger partial charge in [0.05, 0.1) is 33.3 Å². The molecular weight excluding hydrogens is 286 g/mol. The van der Waals surface area contributed by atoms with Crippen LogP contribution < -0.4 is 19.5 Å². The largest absolute Gasteiger partial charge is 0.493 e. The van der Waals surface area contributed by atoms with Crippen LogP contribution in [0.3, 0.4) is 0 Å². The smallest absolute Gasteiger partial charge is 0.205 e. The lowest BCUT2D eigenvalue weighted by atomic mass is 10.1. The molecule has 7 nitrogen and oxygen atoms in total. The van der Waals surface area contributed by atoms with Gasteiger partial charge in [0.2, 0.25) is 5.75 Å². The highest BCUT2D eigenvalue weighted by atomic mass is 16.5. The number of hydrogen-bond donors (Lipinski definition) is 1. The Morgan fingerprint density at radius 1 is 1.14 bits per heavy atom. The van der Waals surface area contributed by atoms with Crippen molar-refractivity contribution in [1.82, 2.24) is 9.97 Å². The van der Waals surface area contributed by atoms with Crippen LogP contribution in [0.5, 0.6) is 17.2 Å². The first kappa shape index (κ1) is 15.8. The highest BCUT2D eigenvalue weighted by Gasteiger charge is 2.19. The Morgan fingerprint density at radius 3 is 2.45 bits per heavy atom. The molecule has 0 saturated carbocycles. The predicted molar refractivity (Wildman–Crippen MR) is 83.0 cm³/mol. The summed E-state index contributed by atoms with van der Waals surface area (Å²) in [6.45, 7) is 2.03. The second-order valence-electron chi connectivity index (χ2n) is 4.51. The summed E-state index contributed by atoms with van der Waals surface area (Å²) >= 11 is 0. The molecule has 22 heavy (non-hydrogen) atoms. The normalized spacial score (nSPS) is 10.4. The van der Waals surface area contributed by atoms with E-state index in [4.69, 9.17) is 14.2 Å². The van der Waals surface area contributed by atoms with Crippen molar-refractivity contribution in [2.75, 3.05) is 33.2 Å². The van der Waals surface area contributed by atoms with Crippen LogP contribution in [0.4, 0.5) is 5.82 Å². The number of anilines is 1. The highest BCUT2D eigenvalue weighted by molar-refractivity contribution is 5.97. The number of benzene rings is 1. The van der Waals surface area contributed by atoms with Gasteiger partial charge in [0.1, 0.15) is 17.7 Å². The molecular formula is C15H19N3O4. The molecule has 1 N–H and O–H groups in total. The Bertz CT molecular complexity index is 688. The van der Waals surface area contributed by atoms with Crippen LogP contribution in [0, 0.1) is 0 Å². The van der Waals surface area contributed by atoms with Gasteiger partial charge in [-0.25, -0.2) is 9.97 Å². The quantitative estimate of drug-likeness (QED) is 0.838. The Kier molecular flexibility index (Phi) is 4.98. The maximum Gasteiger partial charge on any atom is 0.205 e. The summed E-state index contributed by atoms with van der Waals surface area (Å²) in [6.07, 6.45) is 1.88. The SMILES string of the molecule is CCC(=O)CNc1ncnc2c(OC)c(OC)c(OC)cc12. The van der Waals surface area contributed by atoms with Crippen LogP contribution in [-0.2, 0) is 4.79 Å². The van der Waals surface area contributed by atoms with Gasteiger partial charge in [0.15, 0.2) is 17.3 Å². The average molecular weight is 305 g/mol. The molecule has 0 atom stereocenters. The van der Waals surface area contributed by atoms with Gasteiger partial charge >= 0.3 is 0 Å². The lowest BCUT2D eigenvalue weighted by Crippen LogP contribution is -2.13. The first-order valence-corrected chi connectivity index (χ1v) is 6.85. The van der Waals surface area contributed by atoms with Crippen molar-refractivity contribution in [2.45, 2.75) is 13.3 Å². The maximum atomic E-state index is 11.5. The van der Waals surface area contributed by atoms with E-state index >= 15 is 0 Å². The number of methoxy groups -OCH3 is 3. The van der Waals surface area contributed by atoms with E-state index in [9.17, 15) is 4.79 Å². The molecule has 1 heterocycles. The lowest BCUT2D eigenvalue weighted by molar-refractivity contribution is -0.117. The standard InChI is InChI=1S/C15H19N3O4/c1-5-9(19)7-16-15-10-6-11(20-2)13(21-3)14(22-4)12(10)17-8-18-15/h6,8H,5,7H2,1-4H3,(H,16,17,18). The number of aromatic nitrogens is 2. The number of carbonyl (C=O) groups excluding carboxylic acids is 1. The number of rotatable bonds is 7. The van der Waals surface area contributed by atoms with E-state index in [-0.39, 0.29) is 12.3 Å². The molecule has 118 valence electrons. The summed E-state index contributed by atoms with van der Waals surface area (Å²) in [6, 6.07) is 1.76. The van der Waals surface area contributed by atoms with Gasteiger partial charge in [0, 0.05) is 6.42 Å². The number of fused-ring (bicyclic) bond motifs is 1. The van der Waals surface area contributed by atoms with E-state index in [1.165, 1.54) is 20.5 Å². The Morgan fingerprint density at radius 2 is 1.86 bits per heavy atom. The zero-order valence-corrected chi connectivity index (χ0v) is 13.1. The van der Waals surface area contributed by atoms with E-state index in [0.717, 1.165) is 0 Å². The molecule has 2 aromatic rings. The lowest BCUT2D eigenvalue weighted by Gasteiger charge is -2.15.